The zero-order valence-corrected chi connectivity index (χ0v) is 10.8. The van der Waals surface area contributed by atoms with Crippen LogP contribution in [0.3, 0.4) is 0 Å². The molecule has 0 spiro atoms. The second-order valence-corrected chi connectivity index (χ2v) is 4.72. The zero-order chi connectivity index (χ0) is 13.9. The SMILES string of the molecule is CC1(C(=O)NCCCO)CC(=O)N=C2C=CC=CN21. The van der Waals surface area contributed by atoms with Gasteiger partial charge in [-0.2, -0.15) is 4.99 Å². The molecule has 6 heteroatoms. The van der Waals surface area contributed by atoms with Gasteiger partial charge in [0.05, 0.1) is 6.42 Å². The molecule has 2 N–H and O–H groups in total. The number of nitrogens with one attached hydrogen (secondary N) is 1. The van der Waals surface area contributed by atoms with Crippen LogP contribution in [-0.2, 0) is 9.59 Å². The second kappa shape index (κ2) is 5.36. The summed E-state index contributed by atoms with van der Waals surface area (Å²) in [6.07, 6.45) is 7.56. The van der Waals surface area contributed by atoms with Gasteiger partial charge in [-0.15, -0.1) is 0 Å². The molecule has 6 nitrogen and oxygen atoms in total. The van der Waals surface area contributed by atoms with Crippen molar-refractivity contribution in [2.24, 2.45) is 4.99 Å². The van der Waals surface area contributed by atoms with Crippen molar-refractivity contribution in [3.8, 4) is 0 Å². The van der Waals surface area contributed by atoms with Crippen molar-refractivity contribution < 1.29 is 14.7 Å². The van der Waals surface area contributed by atoms with E-state index in [0.29, 0.717) is 18.8 Å². The standard InChI is InChI=1S/C13H17N3O3/c1-13(12(19)14-6-4-8-17)9-11(18)15-10-5-2-3-7-16(10)13/h2-3,5,7,17H,4,6,8-9H2,1H3,(H,14,19). The number of hydrogen-bond acceptors (Lipinski definition) is 4. The predicted molar refractivity (Wildman–Crippen MR) is 70.3 cm³/mol. The normalized spacial score (nSPS) is 25.1. The Balaban J connectivity index is 2.19. The van der Waals surface area contributed by atoms with Gasteiger partial charge in [-0.3, -0.25) is 9.59 Å². The molecule has 0 saturated heterocycles. The highest BCUT2D eigenvalue weighted by Gasteiger charge is 2.44. The Labute approximate surface area is 111 Å². The zero-order valence-electron chi connectivity index (χ0n) is 10.8. The number of fused-ring (bicyclic) bond motifs is 1. The summed E-state index contributed by atoms with van der Waals surface area (Å²) in [5.74, 6) is -0.0498. The van der Waals surface area contributed by atoms with Crippen LogP contribution in [0.5, 0.6) is 0 Å². The lowest BCUT2D eigenvalue weighted by molar-refractivity contribution is -0.134. The van der Waals surface area contributed by atoms with Gasteiger partial charge in [0.25, 0.3) is 5.91 Å². The highest BCUT2D eigenvalue weighted by Crippen LogP contribution is 2.27. The number of carbonyl (C=O) groups is 2. The van der Waals surface area contributed by atoms with Gasteiger partial charge >= 0.3 is 0 Å². The van der Waals surface area contributed by atoms with E-state index in [1.165, 1.54) is 0 Å². The predicted octanol–water partition coefficient (Wildman–Crippen LogP) is -0.0420. The summed E-state index contributed by atoms with van der Waals surface area (Å²) in [6, 6.07) is 0. The van der Waals surface area contributed by atoms with Crippen molar-refractivity contribution in [1.82, 2.24) is 10.2 Å². The lowest BCUT2D eigenvalue weighted by atomic mass is 9.91. The number of nitrogens with zero attached hydrogens (tertiary/aromatic N) is 2. The van der Waals surface area contributed by atoms with Crippen LogP contribution < -0.4 is 5.32 Å². The monoisotopic (exact) mass is 263 g/mol. The topological polar surface area (TPSA) is 82.0 Å². The lowest BCUT2D eigenvalue weighted by Gasteiger charge is -2.41. The maximum atomic E-state index is 12.3. The Hall–Kier alpha value is -1.95. The van der Waals surface area contributed by atoms with E-state index in [0.717, 1.165) is 0 Å². The number of aliphatic hydroxyl groups excluding tert-OH is 1. The number of allylic oxidation sites excluding steroid dienone is 2. The Bertz CT molecular complexity index is 482. The Morgan fingerprint density at radius 2 is 2.37 bits per heavy atom. The fraction of sp³-hybridized carbons (Fsp3) is 0.462. The van der Waals surface area contributed by atoms with E-state index in [1.54, 1.807) is 36.3 Å². The smallest absolute Gasteiger partial charge is 0.250 e. The van der Waals surface area contributed by atoms with Crippen molar-refractivity contribution in [1.29, 1.82) is 0 Å². The molecule has 2 heterocycles. The maximum absolute atomic E-state index is 12.3. The maximum Gasteiger partial charge on any atom is 0.250 e. The average Bonchev–Trinajstić information content (AvgIpc) is 2.38. The van der Waals surface area contributed by atoms with Crippen LogP contribution in [0.4, 0.5) is 0 Å². The van der Waals surface area contributed by atoms with Gasteiger partial charge < -0.3 is 15.3 Å². The number of rotatable bonds is 4. The molecule has 0 saturated carbocycles. The quantitative estimate of drug-likeness (QED) is 0.697. The number of carbonyl (C=O) groups excluding carboxylic acids is 2. The van der Waals surface area contributed by atoms with Crippen LogP contribution in [-0.4, -0.2) is 46.3 Å². The third kappa shape index (κ3) is 2.58. The summed E-state index contributed by atoms with van der Waals surface area (Å²) >= 11 is 0. The van der Waals surface area contributed by atoms with Crippen LogP contribution in [0.15, 0.2) is 29.4 Å². The van der Waals surface area contributed by atoms with Gasteiger partial charge in [-0.05, 0) is 25.5 Å². The first-order valence-electron chi connectivity index (χ1n) is 6.23. The number of amidine groups is 1. The first-order chi connectivity index (χ1) is 9.08. The molecular weight excluding hydrogens is 246 g/mol. The summed E-state index contributed by atoms with van der Waals surface area (Å²) < 4.78 is 0. The Morgan fingerprint density at radius 3 is 3.11 bits per heavy atom. The van der Waals surface area contributed by atoms with Gasteiger partial charge in [-0.25, -0.2) is 0 Å². The molecule has 0 aromatic rings. The number of aliphatic hydroxyl groups is 1. The van der Waals surface area contributed by atoms with E-state index in [2.05, 4.69) is 10.3 Å². The van der Waals surface area contributed by atoms with Gasteiger partial charge in [0.2, 0.25) is 5.91 Å². The second-order valence-electron chi connectivity index (χ2n) is 4.72. The first kappa shape index (κ1) is 13.5. The first-order valence-corrected chi connectivity index (χ1v) is 6.23. The minimum absolute atomic E-state index is 0.0228. The summed E-state index contributed by atoms with van der Waals surface area (Å²) in [5.41, 5.74) is -0.967. The third-order valence-corrected chi connectivity index (χ3v) is 3.21. The third-order valence-electron chi connectivity index (χ3n) is 3.21. The molecule has 0 aromatic heterocycles. The highest BCUT2D eigenvalue weighted by molar-refractivity contribution is 6.09. The van der Waals surface area contributed by atoms with Crippen molar-refractivity contribution in [3.05, 3.63) is 24.4 Å². The Morgan fingerprint density at radius 1 is 1.58 bits per heavy atom. The van der Waals surface area contributed by atoms with Crippen LogP contribution in [0.1, 0.15) is 19.8 Å². The van der Waals surface area contributed by atoms with Crippen molar-refractivity contribution in [2.45, 2.75) is 25.3 Å². The number of aliphatic imine (C=N–C) groups is 1. The van der Waals surface area contributed by atoms with Gasteiger partial charge in [0, 0.05) is 19.4 Å². The average molecular weight is 263 g/mol. The van der Waals surface area contributed by atoms with Crippen LogP contribution in [0.2, 0.25) is 0 Å². The van der Waals surface area contributed by atoms with Crippen LogP contribution >= 0.6 is 0 Å². The molecule has 0 radical (unpaired) electrons. The summed E-state index contributed by atoms with van der Waals surface area (Å²) in [7, 11) is 0. The number of amides is 2. The largest absolute Gasteiger partial charge is 0.396 e. The highest BCUT2D eigenvalue weighted by atomic mass is 16.3. The molecule has 2 aliphatic heterocycles. The lowest BCUT2D eigenvalue weighted by Crippen LogP contribution is -2.60. The van der Waals surface area contributed by atoms with E-state index < -0.39 is 5.54 Å². The van der Waals surface area contributed by atoms with Crippen molar-refractivity contribution in [2.75, 3.05) is 13.2 Å². The van der Waals surface area contributed by atoms with Crippen molar-refractivity contribution >= 4 is 17.6 Å². The molecule has 2 aliphatic rings. The fourth-order valence-corrected chi connectivity index (χ4v) is 2.15. The summed E-state index contributed by atoms with van der Waals surface area (Å²) in [4.78, 5) is 29.6. The molecule has 0 aliphatic carbocycles. The molecule has 0 aromatic carbocycles. The van der Waals surface area contributed by atoms with Crippen LogP contribution in [0, 0.1) is 0 Å². The molecule has 19 heavy (non-hydrogen) atoms. The van der Waals surface area contributed by atoms with E-state index in [9.17, 15) is 9.59 Å². The molecule has 2 amide bonds. The minimum atomic E-state index is -0.967. The van der Waals surface area contributed by atoms with Gasteiger partial charge in [0.15, 0.2) is 0 Å². The van der Waals surface area contributed by atoms with E-state index >= 15 is 0 Å². The van der Waals surface area contributed by atoms with E-state index in [1.807, 2.05) is 0 Å². The van der Waals surface area contributed by atoms with Gasteiger partial charge in [-0.1, -0.05) is 6.08 Å². The molecular formula is C13H17N3O3. The fourth-order valence-electron chi connectivity index (χ4n) is 2.15. The molecule has 1 unspecified atom stereocenters. The van der Waals surface area contributed by atoms with E-state index in [-0.39, 0.29) is 24.8 Å². The molecule has 2 rings (SSSR count). The van der Waals surface area contributed by atoms with Gasteiger partial charge in [0.1, 0.15) is 11.4 Å². The molecule has 0 bridgehead atoms. The Kier molecular flexibility index (Phi) is 3.80. The van der Waals surface area contributed by atoms with Crippen molar-refractivity contribution in [3.63, 3.8) is 0 Å². The summed E-state index contributed by atoms with van der Waals surface area (Å²) in [5, 5.41) is 11.5. The van der Waals surface area contributed by atoms with E-state index in [4.69, 9.17) is 5.11 Å². The summed E-state index contributed by atoms with van der Waals surface area (Å²) in [6.45, 7) is 2.13. The molecule has 102 valence electrons. The minimum Gasteiger partial charge on any atom is -0.396 e. The molecule has 1 atom stereocenters. The van der Waals surface area contributed by atoms with Crippen LogP contribution in [0.25, 0.3) is 0 Å². The number of hydrogen-bond donors (Lipinski definition) is 2. The molecule has 0 fully saturated rings.